The first kappa shape index (κ1) is 27.6. The number of benzene rings is 1. The summed E-state index contributed by atoms with van der Waals surface area (Å²) in [5.41, 5.74) is -1.91. The molecular weight excluding hydrogens is 551 g/mol. The summed E-state index contributed by atoms with van der Waals surface area (Å²) in [7, 11) is 2.69. The molecule has 0 bridgehead atoms. The van der Waals surface area contributed by atoms with Crippen LogP contribution in [-0.2, 0) is 16.6 Å². The van der Waals surface area contributed by atoms with Gasteiger partial charge < -0.3 is 19.1 Å². The summed E-state index contributed by atoms with van der Waals surface area (Å²) in [6, 6.07) is 3.20. The van der Waals surface area contributed by atoms with E-state index in [1.165, 1.54) is 26.6 Å². The third kappa shape index (κ3) is 4.49. The number of halogens is 3. The van der Waals surface area contributed by atoms with Crippen LogP contribution in [0.15, 0.2) is 24.5 Å². The number of fused-ring (bicyclic) bond motifs is 4. The van der Waals surface area contributed by atoms with Gasteiger partial charge in [0.15, 0.2) is 16.3 Å². The van der Waals surface area contributed by atoms with E-state index < -0.39 is 28.7 Å². The molecule has 4 heterocycles. The first-order chi connectivity index (χ1) is 18.8. The monoisotopic (exact) mass is 577 g/mol. The Balaban J connectivity index is 1.54. The van der Waals surface area contributed by atoms with Crippen molar-refractivity contribution in [2.45, 2.75) is 39.0 Å². The van der Waals surface area contributed by atoms with Gasteiger partial charge in [-0.3, -0.25) is 14.9 Å². The van der Waals surface area contributed by atoms with Crippen molar-refractivity contribution in [1.29, 1.82) is 0 Å². The molecule has 3 aromatic rings. The van der Waals surface area contributed by atoms with Gasteiger partial charge in [-0.2, -0.15) is 13.2 Å². The highest BCUT2D eigenvalue weighted by atomic mass is 32.1. The van der Waals surface area contributed by atoms with Crippen LogP contribution in [0.3, 0.4) is 0 Å². The summed E-state index contributed by atoms with van der Waals surface area (Å²) in [5.74, 6) is -0.753. The smallest absolute Gasteiger partial charge is 0.416 e. The molecule has 1 fully saturated rings. The minimum Gasteiger partial charge on any atom is -0.480 e. The number of hydrogen-bond acceptors (Lipinski definition) is 9. The Morgan fingerprint density at radius 2 is 1.80 bits per heavy atom. The maximum Gasteiger partial charge on any atom is 0.416 e. The number of nitrogens with zero attached hydrogens (tertiary/aromatic N) is 4. The highest BCUT2D eigenvalue weighted by Crippen LogP contribution is 2.53. The van der Waals surface area contributed by atoms with Gasteiger partial charge in [-0.25, -0.2) is 15.0 Å². The molecule has 2 aromatic heterocycles. The molecule has 2 amide bonds. The molecule has 2 aliphatic rings. The maximum atomic E-state index is 13.5. The van der Waals surface area contributed by atoms with Crippen LogP contribution in [0.4, 0.5) is 18.3 Å². The minimum atomic E-state index is -4.57. The Kier molecular flexibility index (Phi) is 6.63. The number of hydrogen-bond donors (Lipinski definition) is 1. The molecule has 5 rings (SSSR count). The lowest BCUT2D eigenvalue weighted by Crippen LogP contribution is -2.66. The van der Waals surface area contributed by atoms with Gasteiger partial charge in [0, 0.05) is 11.0 Å². The van der Waals surface area contributed by atoms with E-state index in [2.05, 4.69) is 20.3 Å². The fraction of sp³-hybridized carbons (Fsp3) is 0.423. The van der Waals surface area contributed by atoms with Crippen LogP contribution >= 0.6 is 11.3 Å². The van der Waals surface area contributed by atoms with Crippen LogP contribution < -0.4 is 19.5 Å². The molecule has 1 spiro atoms. The van der Waals surface area contributed by atoms with Crippen LogP contribution in [0.2, 0.25) is 0 Å². The maximum absolute atomic E-state index is 13.5. The molecule has 0 aliphatic carbocycles. The summed E-state index contributed by atoms with van der Waals surface area (Å²) >= 11 is 1.12. The lowest BCUT2D eigenvalue weighted by atomic mass is 9.82. The van der Waals surface area contributed by atoms with Crippen LogP contribution in [0.1, 0.15) is 48.0 Å². The van der Waals surface area contributed by atoms with Gasteiger partial charge in [0.05, 0.1) is 43.4 Å². The van der Waals surface area contributed by atoms with Crippen LogP contribution in [0.25, 0.3) is 11.3 Å². The number of amides is 2. The van der Waals surface area contributed by atoms with E-state index >= 15 is 0 Å². The molecule has 2 aliphatic heterocycles. The molecular formula is C26H26F3N5O5S. The Labute approximate surface area is 231 Å². The molecule has 1 saturated heterocycles. The lowest BCUT2D eigenvalue weighted by Gasteiger charge is -2.52. The third-order valence-electron chi connectivity index (χ3n) is 7.16. The van der Waals surface area contributed by atoms with Crippen LogP contribution in [0, 0.1) is 5.41 Å². The molecule has 14 heteroatoms. The highest BCUT2D eigenvalue weighted by Gasteiger charge is 2.56. The number of methoxy groups -OCH3 is 2. The summed E-state index contributed by atoms with van der Waals surface area (Å²) < 4.78 is 57.1. The molecule has 1 N–H and O–H groups in total. The SMILES string of the molecule is CCC(C)(C)C(=O)N1CC2(C1)Oc1cc(C(F)(F)F)ccc1-c1nc(NC(=O)c3c(OC)ncnc3OC)sc12. The Hall–Kier alpha value is -3.94. The molecule has 0 radical (unpaired) electrons. The number of rotatable bonds is 6. The Morgan fingerprint density at radius 1 is 1.15 bits per heavy atom. The van der Waals surface area contributed by atoms with E-state index in [4.69, 9.17) is 14.2 Å². The zero-order valence-corrected chi connectivity index (χ0v) is 23.1. The number of carbonyl (C=O) groups is 2. The zero-order valence-electron chi connectivity index (χ0n) is 22.3. The number of ether oxygens (including phenoxy) is 3. The van der Waals surface area contributed by atoms with Gasteiger partial charge in [-0.05, 0) is 24.6 Å². The van der Waals surface area contributed by atoms with Gasteiger partial charge in [0.2, 0.25) is 17.7 Å². The summed E-state index contributed by atoms with van der Waals surface area (Å²) in [6.45, 7) is 5.85. The normalized spacial score (nSPS) is 15.4. The van der Waals surface area contributed by atoms with Gasteiger partial charge in [0.1, 0.15) is 12.1 Å². The number of carbonyl (C=O) groups excluding carboxylic acids is 2. The molecule has 1 aromatic carbocycles. The average molecular weight is 578 g/mol. The van der Waals surface area contributed by atoms with Gasteiger partial charge in [-0.15, -0.1) is 0 Å². The topological polar surface area (TPSA) is 116 Å². The minimum absolute atomic E-state index is 0.00662. The van der Waals surface area contributed by atoms with E-state index in [1.54, 1.807) is 4.90 Å². The van der Waals surface area contributed by atoms with E-state index in [0.29, 0.717) is 22.6 Å². The molecule has 0 unspecified atom stereocenters. The number of anilines is 1. The van der Waals surface area contributed by atoms with Crippen molar-refractivity contribution in [2.24, 2.45) is 5.41 Å². The number of aromatic nitrogens is 3. The molecule has 40 heavy (non-hydrogen) atoms. The zero-order chi connectivity index (χ0) is 29.0. The lowest BCUT2D eigenvalue weighted by molar-refractivity contribution is -0.161. The van der Waals surface area contributed by atoms with E-state index in [0.717, 1.165) is 23.5 Å². The van der Waals surface area contributed by atoms with Gasteiger partial charge in [0.25, 0.3) is 5.91 Å². The van der Waals surface area contributed by atoms with E-state index in [-0.39, 0.29) is 47.2 Å². The van der Waals surface area contributed by atoms with Crippen LogP contribution in [-0.4, -0.2) is 59.0 Å². The summed E-state index contributed by atoms with van der Waals surface area (Å²) in [5, 5.41) is 2.86. The third-order valence-corrected chi connectivity index (χ3v) is 8.32. The molecule has 10 nitrogen and oxygen atoms in total. The van der Waals surface area contributed by atoms with Crippen molar-refractivity contribution in [2.75, 3.05) is 32.6 Å². The quantitative estimate of drug-likeness (QED) is 0.446. The highest BCUT2D eigenvalue weighted by molar-refractivity contribution is 7.16. The fourth-order valence-corrected chi connectivity index (χ4v) is 5.70. The first-order valence-electron chi connectivity index (χ1n) is 12.3. The van der Waals surface area contributed by atoms with E-state index in [9.17, 15) is 22.8 Å². The fourth-order valence-electron chi connectivity index (χ4n) is 4.62. The molecule has 0 atom stereocenters. The van der Waals surface area contributed by atoms with Crippen molar-refractivity contribution < 1.29 is 37.0 Å². The number of thiazole rings is 1. The summed E-state index contributed by atoms with van der Waals surface area (Å²) in [6.07, 6.45) is -2.77. The Morgan fingerprint density at radius 3 is 2.38 bits per heavy atom. The second-order valence-corrected chi connectivity index (χ2v) is 11.1. The second kappa shape index (κ2) is 9.61. The number of nitrogens with one attached hydrogen (secondary N) is 1. The van der Waals surface area contributed by atoms with E-state index in [1.807, 2.05) is 20.8 Å². The Bertz CT molecular complexity index is 1480. The van der Waals surface area contributed by atoms with Crippen molar-refractivity contribution in [3.05, 3.63) is 40.5 Å². The predicted octanol–water partition coefficient (Wildman–Crippen LogP) is 4.75. The average Bonchev–Trinajstić information content (AvgIpc) is 3.33. The largest absolute Gasteiger partial charge is 0.480 e. The van der Waals surface area contributed by atoms with Gasteiger partial charge in [-0.1, -0.05) is 32.1 Å². The number of alkyl halides is 3. The van der Waals surface area contributed by atoms with Crippen molar-refractivity contribution in [3.63, 3.8) is 0 Å². The van der Waals surface area contributed by atoms with Crippen molar-refractivity contribution in [1.82, 2.24) is 19.9 Å². The van der Waals surface area contributed by atoms with Gasteiger partial charge >= 0.3 is 6.18 Å². The summed E-state index contributed by atoms with van der Waals surface area (Å²) in [4.78, 5) is 41.0. The first-order valence-corrected chi connectivity index (χ1v) is 13.1. The number of likely N-dealkylation sites (tertiary alicyclic amines) is 1. The van der Waals surface area contributed by atoms with Crippen molar-refractivity contribution in [3.8, 4) is 28.8 Å². The molecule has 212 valence electrons. The standard InChI is InChI=1S/C26H26F3N5O5S/c1-6-24(2,3)22(36)34-10-25(11-34)18-17(14-8-7-13(26(27,28)29)9-15(14)39-25)32-23(40-18)33-19(35)16-20(37-4)30-12-31-21(16)38-5/h7-9,12H,6,10-11H2,1-5H3,(H,32,33,35). The van der Waals surface area contributed by atoms with Crippen LogP contribution in [0.5, 0.6) is 17.5 Å². The van der Waals surface area contributed by atoms with Crippen molar-refractivity contribution >= 4 is 28.3 Å². The predicted molar refractivity (Wildman–Crippen MR) is 139 cm³/mol. The molecule has 0 saturated carbocycles. The second-order valence-electron chi connectivity index (χ2n) is 10.1.